The van der Waals surface area contributed by atoms with E-state index >= 15 is 0 Å². The van der Waals surface area contributed by atoms with Gasteiger partial charge in [-0.2, -0.15) is 13.2 Å². The van der Waals surface area contributed by atoms with E-state index in [1.807, 2.05) is 0 Å². The largest absolute Gasteiger partial charge is 0.445 e. The maximum absolute atomic E-state index is 12.3. The molecule has 0 radical (unpaired) electrons. The summed E-state index contributed by atoms with van der Waals surface area (Å²) < 4.78 is 37.8. The molecule has 1 aromatic carbocycles. The Morgan fingerprint density at radius 1 is 1.21 bits per heavy atom. The molecule has 0 atom stereocenters. The molecule has 0 aliphatic heterocycles. The monoisotopic (exact) mass is 399 g/mol. The first-order valence-electron chi connectivity index (χ1n) is 4.84. The summed E-state index contributed by atoms with van der Waals surface area (Å²) in [7, 11) is 0. The van der Waals surface area contributed by atoms with Crippen molar-refractivity contribution in [2.75, 3.05) is 5.32 Å². The summed E-state index contributed by atoms with van der Waals surface area (Å²) in [5.74, 6) is -0.527. The standard InChI is InChI=1S/C10H5F3IN3OS/c11-10(12,13)8-16-17-9(19-8)15-7(18)5-1-3-6(14)4-2-5/h1-4H,(H,15,17,18). The fourth-order valence-electron chi connectivity index (χ4n) is 1.16. The van der Waals surface area contributed by atoms with Crippen LogP contribution in [0.15, 0.2) is 24.3 Å². The molecule has 1 aromatic heterocycles. The predicted octanol–water partition coefficient (Wildman–Crippen LogP) is 3.41. The van der Waals surface area contributed by atoms with Gasteiger partial charge in [0.15, 0.2) is 0 Å². The van der Waals surface area contributed by atoms with E-state index < -0.39 is 17.1 Å². The minimum Gasteiger partial charge on any atom is -0.296 e. The van der Waals surface area contributed by atoms with Crippen molar-refractivity contribution in [3.05, 3.63) is 38.4 Å². The Kier molecular flexibility index (Phi) is 4.04. The third-order valence-corrected chi connectivity index (χ3v) is 3.60. The maximum atomic E-state index is 12.3. The van der Waals surface area contributed by atoms with Gasteiger partial charge in [0.05, 0.1) is 0 Å². The number of alkyl halides is 3. The highest BCUT2D eigenvalue weighted by molar-refractivity contribution is 14.1. The molecule has 0 aliphatic carbocycles. The topological polar surface area (TPSA) is 54.9 Å². The van der Waals surface area contributed by atoms with Gasteiger partial charge in [-0.05, 0) is 46.9 Å². The van der Waals surface area contributed by atoms with Crippen molar-refractivity contribution in [2.24, 2.45) is 0 Å². The van der Waals surface area contributed by atoms with Gasteiger partial charge in [-0.25, -0.2) is 0 Å². The van der Waals surface area contributed by atoms with Crippen LogP contribution in [0.1, 0.15) is 15.4 Å². The number of anilines is 1. The Labute approximate surface area is 123 Å². The highest BCUT2D eigenvalue weighted by atomic mass is 127. The van der Waals surface area contributed by atoms with Crippen LogP contribution >= 0.6 is 33.9 Å². The smallest absolute Gasteiger partial charge is 0.296 e. The van der Waals surface area contributed by atoms with Crippen LogP contribution in [-0.4, -0.2) is 16.1 Å². The SMILES string of the molecule is O=C(Nc1nnc(C(F)(F)F)s1)c1ccc(I)cc1. The lowest BCUT2D eigenvalue weighted by atomic mass is 10.2. The Morgan fingerprint density at radius 3 is 2.37 bits per heavy atom. The number of aromatic nitrogens is 2. The van der Waals surface area contributed by atoms with Crippen molar-refractivity contribution in [3.63, 3.8) is 0 Å². The maximum Gasteiger partial charge on any atom is 0.445 e. The Balaban J connectivity index is 2.11. The van der Waals surface area contributed by atoms with Crippen LogP contribution in [-0.2, 0) is 6.18 Å². The van der Waals surface area contributed by atoms with Crippen LogP contribution in [0.4, 0.5) is 18.3 Å². The fourth-order valence-corrected chi connectivity index (χ4v) is 2.12. The molecule has 4 nitrogen and oxygen atoms in total. The number of nitrogens with one attached hydrogen (secondary N) is 1. The molecule has 19 heavy (non-hydrogen) atoms. The lowest BCUT2D eigenvalue weighted by Crippen LogP contribution is -2.11. The second-order valence-electron chi connectivity index (χ2n) is 3.37. The van der Waals surface area contributed by atoms with Crippen molar-refractivity contribution in [3.8, 4) is 0 Å². The normalized spacial score (nSPS) is 11.4. The van der Waals surface area contributed by atoms with Crippen LogP contribution in [0, 0.1) is 3.57 Å². The molecule has 9 heteroatoms. The summed E-state index contributed by atoms with van der Waals surface area (Å²) in [6, 6.07) is 6.58. The number of carbonyl (C=O) groups is 1. The van der Waals surface area contributed by atoms with E-state index in [4.69, 9.17) is 0 Å². The molecule has 2 aromatic rings. The van der Waals surface area contributed by atoms with E-state index in [-0.39, 0.29) is 16.5 Å². The predicted molar refractivity (Wildman–Crippen MR) is 72.0 cm³/mol. The number of hydrogen-bond acceptors (Lipinski definition) is 4. The van der Waals surface area contributed by atoms with Gasteiger partial charge in [-0.15, -0.1) is 10.2 Å². The number of benzene rings is 1. The van der Waals surface area contributed by atoms with Crippen LogP contribution in [0.3, 0.4) is 0 Å². The number of halogens is 4. The third-order valence-electron chi connectivity index (χ3n) is 1.99. The first-order valence-corrected chi connectivity index (χ1v) is 6.73. The van der Waals surface area contributed by atoms with Gasteiger partial charge in [-0.1, -0.05) is 11.3 Å². The fraction of sp³-hybridized carbons (Fsp3) is 0.100. The van der Waals surface area contributed by atoms with Crippen LogP contribution in [0.2, 0.25) is 0 Å². The molecule has 0 aliphatic rings. The molecule has 0 saturated carbocycles. The van der Waals surface area contributed by atoms with E-state index in [0.29, 0.717) is 5.56 Å². The quantitative estimate of drug-likeness (QED) is 0.788. The molecule has 0 bridgehead atoms. The molecule has 1 N–H and O–H groups in total. The van der Waals surface area contributed by atoms with E-state index in [9.17, 15) is 18.0 Å². The molecule has 0 spiro atoms. The molecule has 0 unspecified atom stereocenters. The molecule has 0 fully saturated rings. The van der Waals surface area contributed by atoms with Gasteiger partial charge in [0.25, 0.3) is 5.91 Å². The van der Waals surface area contributed by atoms with Gasteiger partial charge < -0.3 is 0 Å². The molecular formula is C10H5F3IN3OS. The molecule has 1 amide bonds. The average Bonchev–Trinajstić information content (AvgIpc) is 2.78. The number of nitrogens with zero attached hydrogens (tertiary/aromatic N) is 2. The zero-order valence-corrected chi connectivity index (χ0v) is 12.0. The zero-order valence-electron chi connectivity index (χ0n) is 9.03. The van der Waals surface area contributed by atoms with E-state index in [2.05, 4.69) is 38.1 Å². The summed E-state index contributed by atoms with van der Waals surface area (Å²) in [5.41, 5.74) is 0.337. The number of rotatable bonds is 2. The van der Waals surface area contributed by atoms with Crippen molar-refractivity contribution in [1.29, 1.82) is 0 Å². The lowest BCUT2D eigenvalue weighted by Gasteiger charge is -2.01. The van der Waals surface area contributed by atoms with Crippen LogP contribution in [0.5, 0.6) is 0 Å². The molecular weight excluding hydrogens is 394 g/mol. The second kappa shape index (κ2) is 5.41. The van der Waals surface area contributed by atoms with Gasteiger partial charge in [0.1, 0.15) is 0 Å². The minimum atomic E-state index is -4.55. The second-order valence-corrected chi connectivity index (χ2v) is 5.59. The first kappa shape index (κ1) is 14.2. The minimum absolute atomic E-state index is 0.184. The number of carbonyl (C=O) groups excluding carboxylic acids is 1. The Morgan fingerprint density at radius 2 is 1.84 bits per heavy atom. The Hall–Kier alpha value is -1.23. The van der Waals surface area contributed by atoms with Crippen LogP contribution < -0.4 is 5.32 Å². The summed E-state index contributed by atoms with van der Waals surface area (Å²) >= 11 is 2.36. The van der Waals surface area contributed by atoms with Crippen molar-refractivity contribution >= 4 is 45.0 Å². The summed E-state index contributed by atoms with van der Waals surface area (Å²) in [6.07, 6.45) is -4.55. The molecule has 1 heterocycles. The highest BCUT2D eigenvalue weighted by Gasteiger charge is 2.35. The molecule has 2 rings (SSSR count). The Bertz CT molecular complexity index is 597. The van der Waals surface area contributed by atoms with Crippen LogP contribution in [0.25, 0.3) is 0 Å². The molecule has 100 valence electrons. The van der Waals surface area contributed by atoms with Crippen molar-refractivity contribution in [2.45, 2.75) is 6.18 Å². The third kappa shape index (κ3) is 3.62. The number of amides is 1. The van der Waals surface area contributed by atoms with Gasteiger partial charge in [0.2, 0.25) is 10.1 Å². The average molecular weight is 399 g/mol. The number of hydrogen-bond donors (Lipinski definition) is 1. The lowest BCUT2D eigenvalue weighted by molar-refractivity contribution is -0.138. The van der Waals surface area contributed by atoms with Crippen molar-refractivity contribution < 1.29 is 18.0 Å². The van der Waals surface area contributed by atoms with E-state index in [1.165, 1.54) is 0 Å². The van der Waals surface area contributed by atoms with Gasteiger partial charge in [-0.3, -0.25) is 10.1 Å². The summed E-state index contributed by atoms with van der Waals surface area (Å²) in [5, 5.41) is 7.25. The first-order chi connectivity index (χ1) is 8.86. The zero-order chi connectivity index (χ0) is 14.0. The van der Waals surface area contributed by atoms with Crippen molar-refractivity contribution in [1.82, 2.24) is 10.2 Å². The summed E-state index contributed by atoms with van der Waals surface area (Å²) in [4.78, 5) is 11.7. The molecule has 0 saturated heterocycles. The summed E-state index contributed by atoms with van der Waals surface area (Å²) in [6.45, 7) is 0. The van der Waals surface area contributed by atoms with E-state index in [0.717, 1.165) is 3.57 Å². The highest BCUT2D eigenvalue weighted by Crippen LogP contribution is 2.33. The van der Waals surface area contributed by atoms with E-state index in [1.54, 1.807) is 24.3 Å². The van der Waals surface area contributed by atoms with Gasteiger partial charge in [0, 0.05) is 9.13 Å². The van der Waals surface area contributed by atoms with Gasteiger partial charge >= 0.3 is 6.18 Å².